The molecule has 1 atom stereocenters. The third kappa shape index (κ3) is 5.48. The van der Waals surface area contributed by atoms with E-state index >= 15 is 0 Å². The van der Waals surface area contributed by atoms with Crippen molar-refractivity contribution in [3.63, 3.8) is 0 Å². The Morgan fingerprint density at radius 2 is 2.00 bits per heavy atom. The molecule has 0 spiro atoms. The molecule has 2 aromatic rings. The first kappa shape index (κ1) is 22.2. The monoisotopic (exact) mass is 501 g/mol. The molecule has 0 saturated carbocycles. The van der Waals surface area contributed by atoms with E-state index in [4.69, 9.17) is 9.47 Å². The number of hydrogen-bond acceptors (Lipinski definition) is 4. The molecule has 6 nitrogen and oxygen atoms in total. The molecule has 1 aliphatic rings. The fourth-order valence-corrected chi connectivity index (χ4v) is 2.87. The van der Waals surface area contributed by atoms with Gasteiger partial charge in [-0.05, 0) is 30.7 Å². The van der Waals surface area contributed by atoms with Crippen molar-refractivity contribution in [2.75, 3.05) is 26.9 Å². The van der Waals surface area contributed by atoms with Gasteiger partial charge in [0.15, 0.2) is 17.5 Å². The molecule has 28 heavy (non-hydrogen) atoms. The molecule has 0 saturated heterocycles. The average molecular weight is 501 g/mol. The summed E-state index contributed by atoms with van der Waals surface area (Å²) in [4.78, 5) is 6.40. The molecule has 2 N–H and O–H groups in total. The first-order valence-corrected chi connectivity index (χ1v) is 8.89. The highest BCUT2D eigenvalue weighted by molar-refractivity contribution is 14.0. The second-order valence-corrected chi connectivity index (χ2v) is 6.28. The molecule has 152 valence electrons. The number of nitrogens with zero attached hydrogens (tertiary/aromatic N) is 2. The summed E-state index contributed by atoms with van der Waals surface area (Å²) in [5.74, 6) is 1.68. The molecule has 0 aliphatic carbocycles. The molecule has 3 rings (SSSR count). The Kier molecular flexibility index (Phi) is 8.31. The minimum Gasteiger partial charge on any atom is -0.454 e. The van der Waals surface area contributed by atoms with E-state index in [0.29, 0.717) is 19.0 Å². The van der Waals surface area contributed by atoms with Gasteiger partial charge in [-0.25, -0.2) is 4.39 Å². The van der Waals surface area contributed by atoms with Gasteiger partial charge in [0.2, 0.25) is 6.79 Å². The SMILES string of the molecule is CCNC(=NCC(O)c1ccccc1F)N(C)Cc1ccc2c(c1)OCO2.I. The van der Waals surface area contributed by atoms with Crippen molar-refractivity contribution in [2.24, 2.45) is 4.99 Å². The lowest BCUT2D eigenvalue weighted by atomic mass is 10.1. The Morgan fingerprint density at radius 3 is 2.75 bits per heavy atom. The molecule has 0 bridgehead atoms. The molecular weight excluding hydrogens is 476 g/mol. The Hall–Kier alpha value is -2.07. The van der Waals surface area contributed by atoms with Crippen LogP contribution in [0.1, 0.15) is 24.2 Å². The van der Waals surface area contributed by atoms with Crippen molar-refractivity contribution in [1.82, 2.24) is 10.2 Å². The number of fused-ring (bicyclic) bond motifs is 1. The zero-order valence-electron chi connectivity index (χ0n) is 15.9. The standard InChI is InChI=1S/C20H24FN3O3.HI/c1-3-22-20(23-11-17(25)15-6-4-5-7-16(15)21)24(2)12-14-8-9-18-19(10-14)27-13-26-18;/h4-10,17,25H,3,11-13H2,1-2H3,(H,22,23);1H. The Bertz CT molecular complexity index is 819. The van der Waals surface area contributed by atoms with Crippen molar-refractivity contribution in [2.45, 2.75) is 19.6 Å². The lowest BCUT2D eigenvalue weighted by molar-refractivity contribution is 0.174. The fraction of sp³-hybridized carbons (Fsp3) is 0.350. The lowest BCUT2D eigenvalue weighted by Gasteiger charge is -2.23. The van der Waals surface area contributed by atoms with Gasteiger partial charge in [0.05, 0.1) is 6.54 Å². The average Bonchev–Trinajstić information content (AvgIpc) is 3.13. The largest absolute Gasteiger partial charge is 0.454 e. The van der Waals surface area contributed by atoms with Gasteiger partial charge in [0.25, 0.3) is 0 Å². The Balaban J connectivity index is 0.00000280. The van der Waals surface area contributed by atoms with Crippen LogP contribution in [0, 0.1) is 5.82 Å². The van der Waals surface area contributed by atoms with E-state index in [-0.39, 0.29) is 42.9 Å². The van der Waals surface area contributed by atoms with Crippen LogP contribution in [0.3, 0.4) is 0 Å². The maximum atomic E-state index is 13.8. The van der Waals surface area contributed by atoms with Crippen LogP contribution < -0.4 is 14.8 Å². The van der Waals surface area contributed by atoms with Crippen LogP contribution >= 0.6 is 24.0 Å². The molecule has 8 heteroatoms. The molecule has 1 aliphatic heterocycles. The van der Waals surface area contributed by atoms with Crippen molar-refractivity contribution in [1.29, 1.82) is 0 Å². The zero-order valence-corrected chi connectivity index (χ0v) is 18.2. The minimum absolute atomic E-state index is 0. The van der Waals surface area contributed by atoms with Crippen LogP contribution in [0.15, 0.2) is 47.5 Å². The van der Waals surface area contributed by atoms with Crippen LogP contribution in [-0.4, -0.2) is 42.9 Å². The zero-order chi connectivity index (χ0) is 19.2. The molecule has 2 aromatic carbocycles. The van der Waals surface area contributed by atoms with Crippen molar-refractivity contribution in [3.8, 4) is 11.5 Å². The van der Waals surface area contributed by atoms with Crippen LogP contribution in [-0.2, 0) is 6.54 Å². The van der Waals surface area contributed by atoms with Gasteiger partial charge in [0, 0.05) is 25.7 Å². The van der Waals surface area contributed by atoms with Crippen molar-refractivity contribution in [3.05, 3.63) is 59.4 Å². The van der Waals surface area contributed by atoms with E-state index in [1.165, 1.54) is 6.07 Å². The van der Waals surface area contributed by atoms with Crippen LogP contribution in [0.25, 0.3) is 0 Å². The predicted octanol–water partition coefficient (Wildman–Crippen LogP) is 3.30. The lowest BCUT2D eigenvalue weighted by Crippen LogP contribution is -2.38. The van der Waals surface area contributed by atoms with Gasteiger partial charge < -0.3 is 24.8 Å². The van der Waals surface area contributed by atoms with Crippen LogP contribution in [0.2, 0.25) is 0 Å². The smallest absolute Gasteiger partial charge is 0.231 e. The van der Waals surface area contributed by atoms with Gasteiger partial charge in [-0.2, -0.15) is 0 Å². The van der Waals surface area contributed by atoms with Gasteiger partial charge in [-0.1, -0.05) is 24.3 Å². The highest BCUT2D eigenvalue weighted by atomic mass is 127. The first-order chi connectivity index (χ1) is 13.1. The van der Waals surface area contributed by atoms with E-state index in [0.717, 1.165) is 17.1 Å². The number of rotatable bonds is 6. The summed E-state index contributed by atoms with van der Waals surface area (Å²) in [5, 5.41) is 13.5. The third-order valence-corrected chi connectivity index (χ3v) is 4.23. The number of benzene rings is 2. The number of aliphatic hydroxyl groups is 1. The summed E-state index contributed by atoms with van der Waals surface area (Å²) in [7, 11) is 1.90. The molecule has 1 heterocycles. The first-order valence-electron chi connectivity index (χ1n) is 8.89. The van der Waals surface area contributed by atoms with Crippen molar-refractivity contribution < 1.29 is 19.0 Å². The molecule has 0 amide bonds. The summed E-state index contributed by atoms with van der Waals surface area (Å²) in [6.45, 7) is 3.55. The highest BCUT2D eigenvalue weighted by Gasteiger charge is 2.16. The number of aliphatic hydroxyl groups excluding tert-OH is 1. The normalized spacial score (nSPS) is 13.6. The maximum absolute atomic E-state index is 13.8. The van der Waals surface area contributed by atoms with Gasteiger partial charge >= 0.3 is 0 Å². The third-order valence-electron chi connectivity index (χ3n) is 4.23. The molecule has 0 radical (unpaired) electrons. The summed E-state index contributed by atoms with van der Waals surface area (Å²) in [6, 6.07) is 12.0. The second kappa shape index (κ2) is 10.5. The molecule has 1 unspecified atom stereocenters. The Morgan fingerprint density at radius 1 is 1.25 bits per heavy atom. The summed E-state index contributed by atoms with van der Waals surface area (Å²) < 4.78 is 24.6. The molecule has 0 aromatic heterocycles. The second-order valence-electron chi connectivity index (χ2n) is 6.28. The summed E-state index contributed by atoms with van der Waals surface area (Å²) in [5.41, 5.74) is 1.29. The number of hydrogen-bond donors (Lipinski definition) is 2. The topological polar surface area (TPSA) is 66.3 Å². The van der Waals surface area contributed by atoms with Crippen LogP contribution in [0.5, 0.6) is 11.5 Å². The fourth-order valence-electron chi connectivity index (χ4n) is 2.87. The maximum Gasteiger partial charge on any atom is 0.231 e. The van der Waals surface area contributed by atoms with Crippen LogP contribution in [0.4, 0.5) is 4.39 Å². The van der Waals surface area contributed by atoms with Gasteiger partial charge in [-0.15, -0.1) is 24.0 Å². The predicted molar refractivity (Wildman–Crippen MR) is 117 cm³/mol. The Labute approximate surface area is 181 Å². The number of nitrogens with one attached hydrogen (secondary N) is 1. The molecule has 0 fully saturated rings. The van der Waals surface area contributed by atoms with E-state index in [1.54, 1.807) is 18.2 Å². The molecular formula is C20H25FIN3O3. The number of guanidine groups is 1. The number of halogens is 2. The van der Waals surface area contributed by atoms with E-state index < -0.39 is 11.9 Å². The number of aliphatic imine (C=N–C) groups is 1. The highest BCUT2D eigenvalue weighted by Crippen LogP contribution is 2.32. The van der Waals surface area contributed by atoms with Crippen molar-refractivity contribution >= 4 is 29.9 Å². The van der Waals surface area contributed by atoms with E-state index in [9.17, 15) is 9.50 Å². The van der Waals surface area contributed by atoms with Gasteiger partial charge in [0.1, 0.15) is 11.9 Å². The van der Waals surface area contributed by atoms with Gasteiger partial charge in [-0.3, -0.25) is 4.99 Å². The quantitative estimate of drug-likeness (QED) is 0.362. The van der Waals surface area contributed by atoms with E-state index in [1.807, 2.05) is 37.1 Å². The summed E-state index contributed by atoms with van der Waals surface area (Å²) >= 11 is 0. The number of ether oxygens (including phenoxy) is 2. The summed E-state index contributed by atoms with van der Waals surface area (Å²) in [6.07, 6.45) is -1.00. The van der Waals surface area contributed by atoms with E-state index in [2.05, 4.69) is 10.3 Å². The minimum atomic E-state index is -1.00.